The maximum atomic E-state index is 9.43. The SMILES string of the molecule is CC#CCC(C)(C)[C@@H](C#C[C@@H]1[C@H]2CC(=CCO)C[C@H]2C[C@H]1OC1CCCCO1)OC1CCCCO1. The fourth-order valence-corrected chi connectivity index (χ4v) is 6.05. The third-order valence-electron chi connectivity index (χ3n) is 8.11. The van der Waals surface area contributed by atoms with Gasteiger partial charge < -0.3 is 24.1 Å². The van der Waals surface area contributed by atoms with E-state index in [1.54, 1.807) is 0 Å². The number of aliphatic hydroxyl groups excluding tert-OH is 1. The van der Waals surface area contributed by atoms with Gasteiger partial charge in [0.25, 0.3) is 0 Å². The Balaban J connectivity index is 1.55. The lowest BCUT2D eigenvalue weighted by molar-refractivity contribution is -0.194. The van der Waals surface area contributed by atoms with Crippen LogP contribution in [0.15, 0.2) is 11.6 Å². The molecule has 2 aliphatic carbocycles. The number of allylic oxidation sites excluding steroid dienone is 1. The van der Waals surface area contributed by atoms with Gasteiger partial charge >= 0.3 is 0 Å². The van der Waals surface area contributed by atoms with Gasteiger partial charge in [0.05, 0.1) is 18.6 Å². The molecule has 2 saturated carbocycles. The van der Waals surface area contributed by atoms with Crippen molar-refractivity contribution in [2.75, 3.05) is 19.8 Å². The lowest BCUT2D eigenvalue weighted by Crippen LogP contribution is -2.37. The van der Waals surface area contributed by atoms with E-state index in [-0.39, 0.29) is 42.7 Å². The Bertz CT molecular complexity index is 828. The van der Waals surface area contributed by atoms with Gasteiger partial charge in [-0.25, -0.2) is 0 Å². The standard InChI is InChI=1S/C30H44O5/c1-4-5-15-30(2,3)27(35-29-11-7-9-18-33-29)13-12-24-25-20-22(14-16-31)19-23(25)21-26(24)34-28-10-6-8-17-32-28/h14,23-29,31H,6-11,15-21H2,1-3H3/t23-,24+,25-,26+,27+,28?,29?/m0/s1. The lowest BCUT2D eigenvalue weighted by Gasteiger charge is -2.34. The second kappa shape index (κ2) is 12.8. The number of aliphatic hydroxyl groups is 1. The summed E-state index contributed by atoms with van der Waals surface area (Å²) in [5, 5.41) is 9.43. The number of fused-ring (bicyclic) bond motifs is 1. The third-order valence-corrected chi connectivity index (χ3v) is 8.11. The maximum Gasteiger partial charge on any atom is 0.159 e. The first-order chi connectivity index (χ1) is 17.0. The molecule has 2 unspecified atom stereocenters. The van der Waals surface area contributed by atoms with Gasteiger partial charge in [-0.1, -0.05) is 37.3 Å². The van der Waals surface area contributed by atoms with Crippen LogP contribution in [-0.4, -0.2) is 49.7 Å². The van der Waals surface area contributed by atoms with E-state index in [4.69, 9.17) is 18.9 Å². The molecule has 5 heteroatoms. The summed E-state index contributed by atoms with van der Waals surface area (Å²) >= 11 is 0. The van der Waals surface area contributed by atoms with E-state index in [2.05, 4.69) is 37.5 Å². The highest BCUT2D eigenvalue weighted by Gasteiger charge is 2.48. The van der Waals surface area contributed by atoms with E-state index in [9.17, 15) is 5.11 Å². The smallest absolute Gasteiger partial charge is 0.159 e. The van der Waals surface area contributed by atoms with Crippen molar-refractivity contribution >= 4 is 0 Å². The Kier molecular flexibility index (Phi) is 9.74. The number of rotatable bonds is 7. The molecule has 4 aliphatic rings. The zero-order chi connectivity index (χ0) is 24.7. The molecule has 2 saturated heterocycles. The molecule has 0 aromatic carbocycles. The van der Waals surface area contributed by atoms with E-state index in [0.29, 0.717) is 11.8 Å². The molecule has 0 bridgehead atoms. The summed E-state index contributed by atoms with van der Waals surface area (Å²) in [5.74, 6) is 14.7. The molecule has 1 N–H and O–H groups in total. The van der Waals surface area contributed by atoms with Crippen molar-refractivity contribution < 1.29 is 24.1 Å². The highest BCUT2D eigenvalue weighted by atomic mass is 16.7. The van der Waals surface area contributed by atoms with Crippen LogP contribution >= 0.6 is 0 Å². The second-order valence-electron chi connectivity index (χ2n) is 11.3. The van der Waals surface area contributed by atoms with Crippen molar-refractivity contribution in [1.29, 1.82) is 0 Å². The van der Waals surface area contributed by atoms with Gasteiger partial charge in [0, 0.05) is 25.0 Å². The molecule has 2 aliphatic heterocycles. The van der Waals surface area contributed by atoms with Crippen LogP contribution in [0.25, 0.3) is 0 Å². The van der Waals surface area contributed by atoms with E-state index < -0.39 is 0 Å². The molecule has 7 atom stereocenters. The molecule has 0 aromatic rings. The predicted octanol–water partition coefficient (Wildman–Crippen LogP) is 5.22. The average molecular weight is 485 g/mol. The molecule has 0 spiro atoms. The molecule has 0 amide bonds. The van der Waals surface area contributed by atoms with Gasteiger partial charge in [-0.05, 0) is 76.5 Å². The van der Waals surface area contributed by atoms with Crippen LogP contribution in [0.4, 0.5) is 0 Å². The lowest BCUT2D eigenvalue weighted by atomic mass is 9.82. The maximum absolute atomic E-state index is 9.43. The molecule has 194 valence electrons. The van der Waals surface area contributed by atoms with Gasteiger partial charge in [-0.2, -0.15) is 0 Å². The molecule has 0 radical (unpaired) electrons. The van der Waals surface area contributed by atoms with E-state index >= 15 is 0 Å². The van der Waals surface area contributed by atoms with Crippen molar-refractivity contribution in [3.63, 3.8) is 0 Å². The topological polar surface area (TPSA) is 57.2 Å². The first-order valence-electron chi connectivity index (χ1n) is 13.7. The van der Waals surface area contributed by atoms with Crippen LogP contribution in [0.1, 0.15) is 85.0 Å². The van der Waals surface area contributed by atoms with Crippen LogP contribution in [0, 0.1) is 46.9 Å². The van der Waals surface area contributed by atoms with Crippen LogP contribution in [-0.2, 0) is 18.9 Å². The summed E-state index contributed by atoms with van der Waals surface area (Å²) in [6.07, 6.45) is 11.7. The number of hydrogen-bond donors (Lipinski definition) is 1. The molecular weight excluding hydrogens is 440 g/mol. The molecule has 0 aromatic heterocycles. The summed E-state index contributed by atoms with van der Waals surface area (Å²) in [6.45, 7) is 7.92. The van der Waals surface area contributed by atoms with Gasteiger partial charge in [0.2, 0.25) is 0 Å². The Hall–Kier alpha value is -1.34. The van der Waals surface area contributed by atoms with Crippen LogP contribution in [0.2, 0.25) is 0 Å². The minimum absolute atomic E-state index is 0.0846. The summed E-state index contributed by atoms with van der Waals surface area (Å²) in [4.78, 5) is 0. The van der Waals surface area contributed by atoms with E-state index in [0.717, 1.165) is 77.4 Å². The Morgan fingerprint density at radius 2 is 1.83 bits per heavy atom. The fraction of sp³-hybridized carbons (Fsp3) is 0.800. The summed E-state index contributed by atoms with van der Waals surface area (Å²) < 4.78 is 24.9. The summed E-state index contributed by atoms with van der Waals surface area (Å²) in [5.41, 5.74) is 1.15. The zero-order valence-corrected chi connectivity index (χ0v) is 21.9. The van der Waals surface area contributed by atoms with Crippen molar-refractivity contribution in [2.24, 2.45) is 23.2 Å². The second-order valence-corrected chi connectivity index (χ2v) is 11.3. The van der Waals surface area contributed by atoms with Crippen LogP contribution in [0.3, 0.4) is 0 Å². The van der Waals surface area contributed by atoms with Gasteiger partial charge in [-0.15, -0.1) is 11.8 Å². The van der Waals surface area contributed by atoms with E-state index in [1.165, 1.54) is 5.57 Å². The minimum Gasteiger partial charge on any atom is -0.392 e. The first kappa shape index (κ1) is 26.7. The highest BCUT2D eigenvalue weighted by Crippen LogP contribution is 2.51. The average Bonchev–Trinajstić information content (AvgIpc) is 3.39. The molecule has 4 fully saturated rings. The first-order valence-corrected chi connectivity index (χ1v) is 13.7. The van der Waals surface area contributed by atoms with Crippen molar-refractivity contribution in [3.8, 4) is 23.7 Å². The molecular formula is C30H44O5. The highest BCUT2D eigenvalue weighted by molar-refractivity contribution is 5.23. The van der Waals surface area contributed by atoms with Crippen LogP contribution in [0.5, 0.6) is 0 Å². The normalized spacial score (nSPS) is 35.0. The van der Waals surface area contributed by atoms with Crippen molar-refractivity contribution in [1.82, 2.24) is 0 Å². The van der Waals surface area contributed by atoms with Crippen molar-refractivity contribution in [3.05, 3.63) is 11.6 Å². The minimum atomic E-state index is -0.258. The Labute approximate surface area is 212 Å². The molecule has 35 heavy (non-hydrogen) atoms. The summed E-state index contributed by atoms with van der Waals surface area (Å²) in [7, 11) is 0. The van der Waals surface area contributed by atoms with Gasteiger partial charge in [0.1, 0.15) is 6.10 Å². The number of hydrogen-bond acceptors (Lipinski definition) is 5. The van der Waals surface area contributed by atoms with Crippen LogP contribution < -0.4 is 0 Å². The van der Waals surface area contributed by atoms with E-state index in [1.807, 2.05) is 13.0 Å². The molecule has 2 heterocycles. The van der Waals surface area contributed by atoms with Gasteiger partial charge in [-0.3, -0.25) is 0 Å². The largest absolute Gasteiger partial charge is 0.392 e. The predicted molar refractivity (Wildman–Crippen MR) is 136 cm³/mol. The monoisotopic (exact) mass is 484 g/mol. The third kappa shape index (κ3) is 7.12. The molecule has 5 nitrogen and oxygen atoms in total. The fourth-order valence-electron chi connectivity index (χ4n) is 6.05. The Morgan fingerprint density at radius 3 is 2.49 bits per heavy atom. The van der Waals surface area contributed by atoms with Crippen molar-refractivity contribution in [2.45, 2.75) is 110 Å². The zero-order valence-electron chi connectivity index (χ0n) is 21.9. The quantitative estimate of drug-likeness (QED) is 0.397. The van der Waals surface area contributed by atoms with Gasteiger partial charge in [0.15, 0.2) is 12.6 Å². The Morgan fingerprint density at radius 1 is 1.09 bits per heavy atom. The molecule has 4 rings (SSSR count). The summed E-state index contributed by atoms with van der Waals surface area (Å²) in [6, 6.07) is 0. The number of ether oxygens (including phenoxy) is 4.